The summed E-state index contributed by atoms with van der Waals surface area (Å²) in [5, 5.41) is 17.6. The lowest BCUT2D eigenvalue weighted by atomic mass is 10.1. The van der Waals surface area contributed by atoms with Gasteiger partial charge in [-0.3, -0.25) is 14.0 Å². The Kier molecular flexibility index (Phi) is 13.3. The molecule has 4 amide bonds. The second-order valence-corrected chi connectivity index (χ2v) is 16.8. The van der Waals surface area contributed by atoms with Crippen molar-refractivity contribution in [3.8, 4) is 17.3 Å². The van der Waals surface area contributed by atoms with Gasteiger partial charge in [0.15, 0.2) is 5.88 Å². The first-order valence-electron chi connectivity index (χ1n) is 21.0. The summed E-state index contributed by atoms with van der Waals surface area (Å²) in [5.41, 5.74) is 7.32. The first kappa shape index (κ1) is 44.1. The number of ether oxygens (including phenoxy) is 3. The molecule has 16 heteroatoms. The summed E-state index contributed by atoms with van der Waals surface area (Å²) in [6, 6.07) is 26.1. The molecule has 0 unspecified atom stereocenters. The van der Waals surface area contributed by atoms with Crippen LogP contribution in [-0.4, -0.2) is 85.0 Å². The van der Waals surface area contributed by atoms with Gasteiger partial charge in [0.1, 0.15) is 29.2 Å². The van der Waals surface area contributed by atoms with E-state index in [1.165, 1.54) is 7.11 Å². The van der Waals surface area contributed by atoms with Gasteiger partial charge >= 0.3 is 12.2 Å². The molecule has 1 fully saturated rings. The number of hydrazine groups is 1. The molecule has 4 aromatic heterocycles. The fourth-order valence-corrected chi connectivity index (χ4v) is 7.32. The molecule has 330 valence electrons. The van der Waals surface area contributed by atoms with Crippen molar-refractivity contribution < 1.29 is 38.5 Å². The number of aryl methyl sites for hydroxylation is 1. The zero-order chi connectivity index (χ0) is 44.8. The monoisotopic (exact) mass is 858 g/mol. The molecule has 0 spiro atoms. The average molecular weight is 859 g/mol. The molecule has 1 saturated carbocycles. The van der Waals surface area contributed by atoms with Gasteiger partial charge in [-0.15, -0.1) is 0 Å². The summed E-state index contributed by atoms with van der Waals surface area (Å²) >= 11 is 0. The van der Waals surface area contributed by atoms with Crippen molar-refractivity contribution >= 4 is 40.7 Å². The predicted molar refractivity (Wildman–Crippen MR) is 236 cm³/mol. The maximum Gasteiger partial charge on any atom is 0.426 e. The van der Waals surface area contributed by atoms with Crippen LogP contribution in [-0.2, 0) is 22.6 Å². The van der Waals surface area contributed by atoms with Crippen LogP contribution in [0.1, 0.15) is 90.7 Å². The summed E-state index contributed by atoms with van der Waals surface area (Å²) in [6.07, 6.45) is 0.581. The third-order valence-electron chi connectivity index (χ3n) is 10.6. The normalized spacial score (nSPS) is 13.6. The smallest absolute Gasteiger partial charge is 0.426 e. The Hall–Kier alpha value is -6.94. The van der Waals surface area contributed by atoms with Crippen molar-refractivity contribution in [3.05, 3.63) is 119 Å². The van der Waals surface area contributed by atoms with E-state index < -0.39 is 29.7 Å². The van der Waals surface area contributed by atoms with Crippen molar-refractivity contribution in [1.29, 1.82) is 0 Å². The van der Waals surface area contributed by atoms with Gasteiger partial charge in [0.2, 0.25) is 0 Å². The molecule has 4 N–H and O–H groups in total. The molecule has 1 aliphatic rings. The van der Waals surface area contributed by atoms with E-state index in [1.54, 1.807) is 57.2 Å². The first-order chi connectivity index (χ1) is 30.2. The Morgan fingerprint density at radius 2 is 1.62 bits per heavy atom. The van der Waals surface area contributed by atoms with Crippen molar-refractivity contribution in [2.45, 2.75) is 84.7 Å². The molecule has 0 bridgehead atoms. The third-order valence-corrected chi connectivity index (χ3v) is 10.6. The average Bonchev–Trinajstić information content (AvgIpc) is 3.93. The standard InChI is InChI=1S/C47H54N8O8/c1-29(48-43(57)33-15-11-8-12-16-33)37-20-19-34-23-38(53(42(34)50-37)26-31-17-18-31)41-30(2)55-39(51-41)24-35(25-40(55)61-6)44(58)54(52-46(60)62-28-32-13-9-7-10-14-32)27-36(21-22-56)49-45(59)63-47(3,4)5/h7-16,19-20,23-25,29,31,36,56H,17-18,21-22,26-28H2,1-6H3,(H,48,57)(H,49,59)(H,52,60)/t29-,36-/m1/s1. The number of methoxy groups -OCH3 is 1. The van der Waals surface area contributed by atoms with Crippen molar-refractivity contribution in [1.82, 2.24) is 40.0 Å². The number of rotatable bonds is 15. The van der Waals surface area contributed by atoms with Crippen LogP contribution < -0.4 is 20.8 Å². The Balaban J connectivity index is 1.22. The topological polar surface area (TPSA) is 191 Å². The molecular weight excluding hydrogens is 805 g/mol. The Morgan fingerprint density at radius 1 is 0.905 bits per heavy atom. The second kappa shape index (κ2) is 19.0. The number of aromatic nitrogens is 4. The van der Waals surface area contributed by atoms with Crippen molar-refractivity contribution in [3.63, 3.8) is 0 Å². The van der Waals surface area contributed by atoms with E-state index in [2.05, 4.69) is 26.7 Å². The number of carbonyl (C=O) groups excluding carboxylic acids is 4. The summed E-state index contributed by atoms with van der Waals surface area (Å²) in [6.45, 7) is 9.09. The van der Waals surface area contributed by atoms with Crippen LogP contribution in [0.4, 0.5) is 9.59 Å². The number of amides is 4. The van der Waals surface area contributed by atoms with E-state index >= 15 is 0 Å². The van der Waals surface area contributed by atoms with Gasteiger partial charge in [-0.1, -0.05) is 48.5 Å². The second-order valence-electron chi connectivity index (χ2n) is 16.8. The van der Waals surface area contributed by atoms with Crippen LogP contribution in [0, 0.1) is 12.8 Å². The molecule has 4 heterocycles. The fraction of sp³-hybridized carbons (Fsp3) is 0.362. The molecule has 0 radical (unpaired) electrons. The van der Waals surface area contributed by atoms with Gasteiger partial charge in [0.05, 0.1) is 48.4 Å². The largest absolute Gasteiger partial charge is 0.482 e. The van der Waals surface area contributed by atoms with Crippen LogP contribution in [0.2, 0.25) is 0 Å². The summed E-state index contributed by atoms with van der Waals surface area (Å²) in [7, 11) is 1.49. The van der Waals surface area contributed by atoms with E-state index in [-0.39, 0.29) is 43.7 Å². The number of fused-ring (bicyclic) bond motifs is 2. The molecule has 16 nitrogen and oxygen atoms in total. The first-order valence-corrected chi connectivity index (χ1v) is 21.0. The highest BCUT2D eigenvalue weighted by molar-refractivity contribution is 5.97. The number of alkyl carbamates (subject to hydrolysis) is 1. The fourth-order valence-electron chi connectivity index (χ4n) is 7.32. The van der Waals surface area contributed by atoms with Crippen LogP contribution in [0.15, 0.2) is 91.0 Å². The maximum absolute atomic E-state index is 14.5. The SMILES string of the molecule is COc1cc(C(=O)N(C[C@@H](CCO)NC(=O)OC(C)(C)C)NC(=O)OCc2ccccc2)cc2nc(-c3cc4ccc([C@@H](C)NC(=O)c5ccccc5)nc4n3CC3CC3)c(C)n12. The molecule has 0 saturated heterocycles. The molecule has 63 heavy (non-hydrogen) atoms. The highest BCUT2D eigenvalue weighted by atomic mass is 16.6. The third kappa shape index (κ3) is 10.8. The number of nitrogens with zero attached hydrogens (tertiary/aromatic N) is 5. The van der Waals surface area contributed by atoms with E-state index in [9.17, 15) is 24.3 Å². The molecule has 6 aromatic rings. The molecule has 7 rings (SSSR count). The number of hydrogen-bond acceptors (Lipinski definition) is 10. The summed E-state index contributed by atoms with van der Waals surface area (Å²) in [5.74, 6) is -0.0497. The quantitative estimate of drug-likeness (QED) is 0.0774. The van der Waals surface area contributed by atoms with Gasteiger partial charge in [0, 0.05) is 30.2 Å². The lowest BCUT2D eigenvalue weighted by Gasteiger charge is -2.29. The van der Waals surface area contributed by atoms with E-state index in [1.807, 2.05) is 66.8 Å². The Morgan fingerprint density at radius 3 is 2.29 bits per heavy atom. The van der Waals surface area contributed by atoms with Crippen LogP contribution in [0.25, 0.3) is 28.1 Å². The number of aliphatic hydroxyl groups is 1. The van der Waals surface area contributed by atoms with Crippen molar-refractivity contribution in [2.24, 2.45) is 5.92 Å². The molecule has 2 aromatic carbocycles. The summed E-state index contributed by atoms with van der Waals surface area (Å²) in [4.78, 5) is 63.8. The minimum atomic E-state index is -0.910. The minimum absolute atomic E-state index is 0.0430. The molecule has 0 aliphatic heterocycles. The summed E-state index contributed by atoms with van der Waals surface area (Å²) < 4.78 is 20.8. The Bertz CT molecular complexity index is 2600. The van der Waals surface area contributed by atoms with Crippen LogP contribution in [0.5, 0.6) is 5.88 Å². The molecular formula is C47H54N8O8. The van der Waals surface area contributed by atoms with Crippen LogP contribution >= 0.6 is 0 Å². The Labute approximate surface area is 365 Å². The zero-order valence-electron chi connectivity index (χ0n) is 36.4. The molecule has 2 atom stereocenters. The van der Waals surface area contributed by atoms with Gasteiger partial charge in [-0.25, -0.2) is 30.0 Å². The van der Waals surface area contributed by atoms with Crippen molar-refractivity contribution in [2.75, 3.05) is 20.3 Å². The number of benzene rings is 2. The van der Waals surface area contributed by atoms with Gasteiger partial charge in [-0.2, -0.15) is 0 Å². The van der Waals surface area contributed by atoms with Crippen LogP contribution in [0.3, 0.4) is 0 Å². The van der Waals surface area contributed by atoms with E-state index in [4.69, 9.17) is 24.2 Å². The van der Waals surface area contributed by atoms with E-state index in [0.717, 1.165) is 58.1 Å². The maximum atomic E-state index is 14.5. The lowest BCUT2D eigenvalue weighted by molar-refractivity contribution is 0.0431. The number of pyridine rings is 2. The number of aliphatic hydroxyl groups excluding tert-OH is 1. The predicted octanol–water partition coefficient (Wildman–Crippen LogP) is 7.13. The number of hydrogen-bond donors (Lipinski definition) is 4. The van der Waals surface area contributed by atoms with E-state index in [0.29, 0.717) is 28.7 Å². The lowest BCUT2D eigenvalue weighted by Crippen LogP contribution is -2.53. The zero-order valence-corrected chi connectivity index (χ0v) is 36.4. The van der Waals surface area contributed by atoms with Gasteiger partial charge in [0.25, 0.3) is 11.8 Å². The number of nitrogens with one attached hydrogen (secondary N) is 3. The number of carbonyl (C=O) groups is 4. The van der Waals surface area contributed by atoms with Gasteiger partial charge in [-0.05, 0) is 102 Å². The molecule has 1 aliphatic carbocycles. The minimum Gasteiger partial charge on any atom is -0.482 e. The number of imidazole rings is 1. The highest BCUT2D eigenvalue weighted by Gasteiger charge is 2.30. The van der Waals surface area contributed by atoms with Gasteiger partial charge < -0.3 is 34.5 Å². The highest BCUT2D eigenvalue weighted by Crippen LogP contribution is 2.37.